The Balaban J connectivity index is 2.65. The third-order valence-corrected chi connectivity index (χ3v) is 2.83. The molecular weight excluding hydrogens is 226 g/mol. The maximum Gasteiger partial charge on any atom is 0.126 e. The van der Waals surface area contributed by atoms with Crippen LogP contribution in [0.4, 0.5) is 0 Å². The lowest BCUT2D eigenvalue weighted by Crippen LogP contribution is -1.91. The number of phenols is 1. The van der Waals surface area contributed by atoms with E-state index in [4.69, 9.17) is 10.00 Å². The second kappa shape index (κ2) is 4.80. The molecule has 2 rings (SSSR count). The van der Waals surface area contributed by atoms with Gasteiger partial charge >= 0.3 is 0 Å². The molecule has 0 aromatic heterocycles. The molecule has 1 N–H and O–H groups in total. The van der Waals surface area contributed by atoms with Crippen molar-refractivity contribution in [2.75, 3.05) is 7.11 Å². The molecule has 0 fully saturated rings. The van der Waals surface area contributed by atoms with Crippen LogP contribution in [0, 0.1) is 18.3 Å². The lowest BCUT2D eigenvalue weighted by molar-refractivity contribution is 0.416. The van der Waals surface area contributed by atoms with E-state index in [-0.39, 0.29) is 5.75 Å². The second-order valence-corrected chi connectivity index (χ2v) is 4.03. The van der Waals surface area contributed by atoms with E-state index < -0.39 is 0 Å². The van der Waals surface area contributed by atoms with Gasteiger partial charge in [-0.25, -0.2) is 0 Å². The fourth-order valence-electron chi connectivity index (χ4n) is 1.94. The first-order chi connectivity index (χ1) is 8.65. The Labute approximate surface area is 106 Å². The average molecular weight is 239 g/mol. The van der Waals surface area contributed by atoms with Crippen LogP contribution in [0.2, 0.25) is 0 Å². The summed E-state index contributed by atoms with van der Waals surface area (Å²) in [6.45, 7) is 1.91. The molecule has 3 nitrogen and oxygen atoms in total. The molecule has 0 aliphatic carbocycles. The van der Waals surface area contributed by atoms with E-state index >= 15 is 0 Å². The van der Waals surface area contributed by atoms with Gasteiger partial charge < -0.3 is 9.84 Å². The highest BCUT2D eigenvalue weighted by Crippen LogP contribution is 2.34. The smallest absolute Gasteiger partial charge is 0.126 e. The molecule has 0 aliphatic heterocycles. The third-order valence-electron chi connectivity index (χ3n) is 2.83. The fourth-order valence-corrected chi connectivity index (χ4v) is 1.94. The molecule has 90 valence electrons. The van der Waals surface area contributed by atoms with E-state index in [2.05, 4.69) is 6.07 Å². The summed E-state index contributed by atoms with van der Waals surface area (Å²) in [4.78, 5) is 0. The molecule has 2 aromatic rings. The minimum Gasteiger partial charge on any atom is -0.508 e. The van der Waals surface area contributed by atoms with E-state index in [1.807, 2.05) is 13.0 Å². The number of hydrogen-bond acceptors (Lipinski definition) is 3. The van der Waals surface area contributed by atoms with Gasteiger partial charge in [-0.05, 0) is 48.4 Å². The summed E-state index contributed by atoms with van der Waals surface area (Å²) in [7, 11) is 1.60. The molecule has 3 heteroatoms. The van der Waals surface area contributed by atoms with Crippen molar-refractivity contribution in [3.63, 3.8) is 0 Å². The first-order valence-corrected chi connectivity index (χ1v) is 5.54. The number of aromatic hydroxyl groups is 1. The van der Waals surface area contributed by atoms with Crippen molar-refractivity contribution < 1.29 is 9.84 Å². The largest absolute Gasteiger partial charge is 0.508 e. The first-order valence-electron chi connectivity index (χ1n) is 5.54. The number of benzene rings is 2. The summed E-state index contributed by atoms with van der Waals surface area (Å²) in [5, 5.41) is 18.4. The van der Waals surface area contributed by atoms with Gasteiger partial charge in [0.15, 0.2) is 0 Å². The summed E-state index contributed by atoms with van der Waals surface area (Å²) in [5.41, 5.74) is 3.32. The molecule has 0 amide bonds. The third kappa shape index (κ3) is 2.14. The van der Waals surface area contributed by atoms with E-state index in [1.165, 1.54) is 0 Å². The van der Waals surface area contributed by atoms with Crippen molar-refractivity contribution in [1.29, 1.82) is 5.26 Å². The molecule has 0 saturated carbocycles. The quantitative estimate of drug-likeness (QED) is 0.875. The minimum atomic E-state index is 0.228. The van der Waals surface area contributed by atoms with E-state index in [1.54, 1.807) is 37.4 Å². The zero-order chi connectivity index (χ0) is 13.1. The first kappa shape index (κ1) is 12.0. The zero-order valence-corrected chi connectivity index (χ0v) is 10.3. The minimum absolute atomic E-state index is 0.228. The lowest BCUT2D eigenvalue weighted by atomic mass is 9.98. The molecule has 18 heavy (non-hydrogen) atoms. The monoisotopic (exact) mass is 239 g/mol. The highest BCUT2D eigenvalue weighted by Gasteiger charge is 2.10. The summed E-state index contributed by atoms with van der Waals surface area (Å²) >= 11 is 0. The number of rotatable bonds is 2. The van der Waals surface area contributed by atoms with Gasteiger partial charge in [-0.15, -0.1) is 0 Å². The Morgan fingerprint density at radius 2 is 1.89 bits per heavy atom. The number of ether oxygens (including phenoxy) is 1. The van der Waals surface area contributed by atoms with Crippen LogP contribution in [0.3, 0.4) is 0 Å². The highest BCUT2D eigenvalue weighted by molar-refractivity contribution is 5.75. The summed E-state index contributed by atoms with van der Waals surface area (Å²) in [5.74, 6) is 0.939. The number of methoxy groups -OCH3 is 1. The molecule has 0 unspecified atom stereocenters. The number of phenolic OH excluding ortho intramolecular Hbond substituents is 1. The zero-order valence-electron chi connectivity index (χ0n) is 10.3. The van der Waals surface area contributed by atoms with Crippen LogP contribution in [0.25, 0.3) is 11.1 Å². The Hall–Kier alpha value is -2.47. The van der Waals surface area contributed by atoms with Crippen molar-refractivity contribution in [2.45, 2.75) is 6.92 Å². The molecule has 2 aromatic carbocycles. The lowest BCUT2D eigenvalue weighted by Gasteiger charge is -2.11. The Morgan fingerprint density at radius 1 is 1.11 bits per heavy atom. The van der Waals surface area contributed by atoms with Crippen LogP contribution in [-0.2, 0) is 0 Å². The molecule has 0 saturated heterocycles. The number of hydrogen-bond donors (Lipinski definition) is 1. The number of nitrogens with zero attached hydrogens (tertiary/aromatic N) is 1. The van der Waals surface area contributed by atoms with E-state index in [0.29, 0.717) is 11.3 Å². The normalized spacial score (nSPS) is 9.83. The van der Waals surface area contributed by atoms with Gasteiger partial charge in [0.05, 0.1) is 18.7 Å². The summed E-state index contributed by atoms with van der Waals surface area (Å²) < 4.78 is 5.31. The maximum atomic E-state index is 9.43. The molecule has 0 bridgehead atoms. The van der Waals surface area contributed by atoms with Crippen molar-refractivity contribution in [2.24, 2.45) is 0 Å². The average Bonchev–Trinajstić information content (AvgIpc) is 2.38. The molecular formula is C15H13NO2. The molecule has 0 atom stereocenters. The SMILES string of the molecule is COc1ccc(C#N)cc1-c1ccc(O)cc1C. The number of aryl methyl sites for hydroxylation is 1. The van der Waals surface area contributed by atoms with E-state index in [0.717, 1.165) is 16.7 Å². The van der Waals surface area contributed by atoms with Crippen molar-refractivity contribution >= 4 is 0 Å². The van der Waals surface area contributed by atoms with Gasteiger partial charge in [0.1, 0.15) is 11.5 Å². The van der Waals surface area contributed by atoms with Gasteiger partial charge in [0, 0.05) is 5.56 Å². The molecule has 0 spiro atoms. The fraction of sp³-hybridized carbons (Fsp3) is 0.133. The summed E-state index contributed by atoms with van der Waals surface area (Å²) in [6, 6.07) is 12.5. The topological polar surface area (TPSA) is 53.2 Å². The van der Waals surface area contributed by atoms with Gasteiger partial charge in [-0.2, -0.15) is 5.26 Å². The van der Waals surface area contributed by atoms with Gasteiger partial charge in [0.2, 0.25) is 0 Å². The predicted octanol–water partition coefficient (Wildman–Crippen LogP) is 3.25. The Morgan fingerprint density at radius 3 is 2.50 bits per heavy atom. The maximum absolute atomic E-state index is 9.43. The van der Waals surface area contributed by atoms with Crippen LogP contribution in [-0.4, -0.2) is 12.2 Å². The number of nitriles is 1. The van der Waals surface area contributed by atoms with Crippen molar-refractivity contribution in [3.05, 3.63) is 47.5 Å². The second-order valence-electron chi connectivity index (χ2n) is 4.03. The van der Waals surface area contributed by atoms with Crippen LogP contribution < -0.4 is 4.74 Å². The molecule has 0 radical (unpaired) electrons. The van der Waals surface area contributed by atoms with Gasteiger partial charge in [0.25, 0.3) is 0 Å². The standard InChI is InChI=1S/C15H13NO2/c1-10-7-12(17)4-5-13(10)14-8-11(9-16)3-6-15(14)18-2/h3-8,17H,1-2H3. The Kier molecular flexibility index (Phi) is 3.20. The van der Waals surface area contributed by atoms with Crippen LogP contribution in [0.1, 0.15) is 11.1 Å². The van der Waals surface area contributed by atoms with Crippen LogP contribution >= 0.6 is 0 Å². The van der Waals surface area contributed by atoms with Gasteiger partial charge in [-0.1, -0.05) is 6.07 Å². The van der Waals surface area contributed by atoms with Crippen molar-refractivity contribution in [1.82, 2.24) is 0 Å². The van der Waals surface area contributed by atoms with Crippen LogP contribution in [0.15, 0.2) is 36.4 Å². The van der Waals surface area contributed by atoms with Gasteiger partial charge in [-0.3, -0.25) is 0 Å². The Bertz CT molecular complexity index is 627. The molecule has 0 heterocycles. The predicted molar refractivity (Wildman–Crippen MR) is 69.5 cm³/mol. The van der Waals surface area contributed by atoms with Crippen LogP contribution in [0.5, 0.6) is 11.5 Å². The van der Waals surface area contributed by atoms with E-state index in [9.17, 15) is 5.11 Å². The molecule has 0 aliphatic rings. The summed E-state index contributed by atoms with van der Waals surface area (Å²) in [6.07, 6.45) is 0. The van der Waals surface area contributed by atoms with Crippen molar-refractivity contribution in [3.8, 4) is 28.7 Å². The highest BCUT2D eigenvalue weighted by atomic mass is 16.5.